The van der Waals surface area contributed by atoms with E-state index in [9.17, 15) is 9.59 Å². The Morgan fingerprint density at radius 2 is 1.67 bits per heavy atom. The van der Waals surface area contributed by atoms with Crippen molar-refractivity contribution in [2.45, 2.75) is 116 Å². The number of aliphatic carboxylic acids is 1. The highest BCUT2D eigenvalue weighted by Crippen LogP contribution is 2.40. The number of hydroxylamine groups is 2. The highest BCUT2D eigenvalue weighted by molar-refractivity contribution is 5.76. The SMILES string of the molecule is CCCCCCCCON1C(C)(C)CCC(OC(=O)CCC(=O)O)C1(C)C. The molecule has 158 valence electrons. The molecule has 6 heteroatoms. The molecule has 1 aliphatic rings. The van der Waals surface area contributed by atoms with Crippen molar-refractivity contribution in [3.8, 4) is 0 Å². The summed E-state index contributed by atoms with van der Waals surface area (Å²) in [5.74, 6) is -1.44. The first-order chi connectivity index (χ1) is 12.6. The number of carboxylic acids is 1. The minimum absolute atomic E-state index is 0.0933. The number of hydrogen-bond donors (Lipinski definition) is 1. The maximum Gasteiger partial charge on any atom is 0.306 e. The monoisotopic (exact) mass is 385 g/mol. The average molecular weight is 386 g/mol. The Morgan fingerprint density at radius 1 is 1.04 bits per heavy atom. The van der Waals surface area contributed by atoms with E-state index in [1.54, 1.807) is 0 Å². The lowest BCUT2D eigenvalue weighted by Crippen LogP contribution is -2.65. The molecule has 1 saturated heterocycles. The molecule has 6 nitrogen and oxygen atoms in total. The zero-order valence-electron chi connectivity index (χ0n) is 17.9. The molecular formula is C21H39NO5. The van der Waals surface area contributed by atoms with Gasteiger partial charge >= 0.3 is 11.9 Å². The lowest BCUT2D eigenvalue weighted by Gasteiger charge is -2.54. The van der Waals surface area contributed by atoms with E-state index in [1.165, 1.54) is 32.1 Å². The minimum Gasteiger partial charge on any atom is -0.481 e. The number of ether oxygens (including phenoxy) is 1. The van der Waals surface area contributed by atoms with E-state index in [0.29, 0.717) is 6.61 Å². The quantitative estimate of drug-likeness (QED) is 0.387. The van der Waals surface area contributed by atoms with E-state index in [0.717, 1.165) is 19.3 Å². The summed E-state index contributed by atoms with van der Waals surface area (Å²) in [7, 11) is 0. The highest BCUT2D eigenvalue weighted by atomic mass is 16.7. The topological polar surface area (TPSA) is 76.1 Å². The van der Waals surface area contributed by atoms with Crippen LogP contribution >= 0.6 is 0 Å². The zero-order chi connectivity index (χ0) is 20.5. The number of carbonyl (C=O) groups excluding carboxylic acids is 1. The number of esters is 1. The second-order valence-electron chi connectivity index (χ2n) is 8.77. The molecule has 1 unspecified atom stereocenters. The molecule has 1 fully saturated rings. The summed E-state index contributed by atoms with van der Waals surface area (Å²) in [5.41, 5.74) is -0.613. The van der Waals surface area contributed by atoms with Crippen LogP contribution in [0.15, 0.2) is 0 Å². The molecular weight excluding hydrogens is 346 g/mol. The van der Waals surface area contributed by atoms with Crippen molar-refractivity contribution in [2.75, 3.05) is 6.61 Å². The van der Waals surface area contributed by atoms with E-state index >= 15 is 0 Å². The summed E-state index contributed by atoms with van der Waals surface area (Å²) >= 11 is 0. The Morgan fingerprint density at radius 3 is 2.30 bits per heavy atom. The summed E-state index contributed by atoms with van der Waals surface area (Å²) in [6.07, 6.45) is 8.26. The van der Waals surface area contributed by atoms with Crippen LogP contribution in [0.5, 0.6) is 0 Å². The van der Waals surface area contributed by atoms with Crippen molar-refractivity contribution in [3.05, 3.63) is 0 Å². The van der Waals surface area contributed by atoms with Gasteiger partial charge in [0.25, 0.3) is 0 Å². The first-order valence-electron chi connectivity index (χ1n) is 10.5. The van der Waals surface area contributed by atoms with Crippen molar-refractivity contribution >= 4 is 11.9 Å². The maximum absolute atomic E-state index is 12.0. The standard InChI is InChI=1S/C21H39NO5/c1-6-7-8-9-10-11-16-26-22-20(2,3)15-14-17(21(22,4)5)27-19(25)13-12-18(23)24/h17H,6-16H2,1-5H3,(H,23,24). The van der Waals surface area contributed by atoms with Crippen molar-refractivity contribution in [1.29, 1.82) is 0 Å². The molecule has 0 aromatic rings. The van der Waals surface area contributed by atoms with Gasteiger partial charge in [-0.05, 0) is 47.0 Å². The number of unbranched alkanes of at least 4 members (excludes halogenated alkanes) is 5. The van der Waals surface area contributed by atoms with Crippen LogP contribution in [0.2, 0.25) is 0 Å². The number of nitrogens with zero attached hydrogens (tertiary/aromatic N) is 1. The first-order valence-corrected chi connectivity index (χ1v) is 10.5. The lowest BCUT2D eigenvalue weighted by atomic mass is 9.79. The van der Waals surface area contributed by atoms with Crippen LogP contribution < -0.4 is 0 Å². The van der Waals surface area contributed by atoms with Crippen molar-refractivity contribution in [2.24, 2.45) is 0 Å². The van der Waals surface area contributed by atoms with Gasteiger partial charge in [0.15, 0.2) is 0 Å². The van der Waals surface area contributed by atoms with Crippen molar-refractivity contribution < 1.29 is 24.3 Å². The van der Waals surface area contributed by atoms with Crippen LogP contribution in [-0.2, 0) is 19.2 Å². The van der Waals surface area contributed by atoms with Gasteiger partial charge in [0.05, 0.1) is 25.0 Å². The Balaban J connectivity index is 2.57. The molecule has 1 heterocycles. The van der Waals surface area contributed by atoms with Crippen LogP contribution in [0, 0.1) is 0 Å². The zero-order valence-corrected chi connectivity index (χ0v) is 17.9. The number of piperidine rings is 1. The Bertz CT molecular complexity index is 475. The fourth-order valence-corrected chi connectivity index (χ4v) is 3.86. The second-order valence-corrected chi connectivity index (χ2v) is 8.77. The molecule has 0 aliphatic carbocycles. The van der Waals surface area contributed by atoms with Gasteiger partial charge in [-0.2, -0.15) is 5.06 Å². The Kier molecular flexibility index (Phi) is 9.74. The summed E-state index contributed by atoms with van der Waals surface area (Å²) < 4.78 is 5.63. The van der Waals surface area contributed by atoms with E-state index in [4.69, 9.17) is 14.7 Å². The molecule has 0 amide bonds. The molecule has 0 spiro atoms. The number of carboxylic acid groups (broad SMARTS) is 1. The first kappa shape index (κ1) is 23.9. The third-order valence-corrected chi connectivity index (χ3v) is 5.41. The smallest absolute Gasteiger partial charge is 0.306 e. The van der Waals surface area contributed by atoms with Crippen LogP contribution in [0.3, 0.4) is 0 Å². The molecule has 27 heavy (non-hydrogen) atoms. The van der Waals surface area contributed by atoms with Gasteiger partial charge in [-0.15, -0.1) is 0 Å². The number of rotatable bonds is 12. The summed E-state index contributed by atoms with van der Waals surface area (Å²) in [4.78, 5) is 28.8. The Hall–Kier alpha value is -1.14. The van der Waals surface area contributed by atoms with E-state index in [2.05, 4.69) is 20.8 Å². The van der Waals surface area contributed by atoms with E-state index in [-0.39, 0.29) is 24.5 Å². The number of carbonyl (C=O) groups is 2. The molecule has 0 aromatic heterocycles. The minimum atomic E-state index is -0.986. The van der Waals surface area contributed by atoms with Gasteiger partial charge in [0.2, 0.25) is 0 Å². The Labute approximate surface area is 164 Å². The molecule has 1 aliphatic heterocycles. The summed E-state index contributed by atoms with van der Waals surface area (Å²) in [6.45, 7) is 11.2. The summed E-state index contributed by atoms with van der Waals surface area (Å²) in [6, 6.07) is 0. The third-order valence-electron chi connectivity index (χ3n) is 5.41. The van der Waals surface area contributed by atoms with Crippen molar-refractivity contribution in [3.63, 3.8) is 0 Å². The highest BCUT2D eigenvalue weighted by Gasteiger charge is 2.50. The molecule has 0 bridgehead atoms. The van der Waals surface area contributed by atoms with Gasteiger partial charge in [-0.1, -0.05) is 39.0 Å². The van der Waals surface area contributed by atoms with Crippen LogP contribution in [-0.4, -0.2) is 45.9 Å². The van der Waals surface area contributed by atoms with Crippen LogP contribution in [0.1, 0.15) is 98.8 Å². The molecule has 0 radical (unpaired) electrons. The fourth-order valence-electron chi connectivity index (χ4n) is 3.86. The predicted octanol–water partition coefficient (Wildman–Crippen LogP) is 4.71. The second kappa shape index (κ2) is 11.0. The maximum atomic E-state index is 12.0. The predicted molar refractivity (Wildman–Crippen MR) is 105 cm³/mol. The van der Waals surface area contributed by atoms with Gasteiger partial charge < -0.3 is 9.84 Å². The summed E-state index contributed by atoms with van der Waals surface area (Å²) in [5, 5.41) is 10.7. The largest absolute Gasteiger partial charge is 0.481 e. The number of hydrogen-bond acceptors (Lipinski definition) is 5. The van der Waals surface area contributed by atoms with Gasteiger partial charge in [-0.25, -0.2) is 0 Å². The average Bonchev–Trinajstić information content (AvgIpc) is 2.57. The van der Waals surface area contributed by atoms with Gasteiger partial charge in [0.1, 0.15) is 6.10 Å². The molecule has 0 saturated carbocycles. The molecule has 0 aromatic carbocycles. The van der Waals surface area contributed by atoms with Gasteiger partial charge in [0, 0.05) is 5.54 Å². The third kappa shape index (κ3) is 7.78. The molecule has 1 N–H and O–H groups in total. The van der Waals surface area contributed by atoms with E-state index < -0.39 is 17.5 Å². The fraction of sp³-hybridized carbons (Fsp3) is 0.905. The van der Waals surface area contributed by atoms with Crippen molar-refractivity contribution in [1.82, 2.24) is 5.06 Å². The normalized spacial score (nSPS) is 21.7. The van der Waals surface area contributed by atoms with Crippen LogP contribution in [0.25, 0.3) is 0 Å². The molecule has 1 atom stereocenters. The van der Waals surface area contributed by atoms with Gasteiger partial charge in [-0.3, -0.25) is 14.4 Å². The van der Waals surface area contributed by atoms with E-state index in [1.807, 2.05) is 18.9 Å². The van der Waals surface area contributed by atoms with Crippen LogP contribution in [0.4, 0.5) is 0 Å². The molecule has 1 rings (SSSR count). The lowest BCUT2D eigenvalue weighted by molar-refractivity contribution is -0.304.